The number of nitrogens with one attached hydrogen (secondary N) is 1. The maximum Gasteiger partial charge on any atom is 0.244 e. The molecule has 0 aliphatic rings. The lowest BCUT2D eigenvalue weighted by molar-refractivity contribution is -0.139. The van der Waals surface area contributed by atoms with Crippen LogP contribution in [-0.4, -0.2) is 50.5 Å². The Kier molecular flexibility index (Phi) is 9.06. The monoisotopic (exact) mass is 509 g/mol. The van der Waals surface area contributed by atoms with Crippen LogP contribution in [0.5, 0.6) is 0 Å². The Bertz CT molecular complexity index is 982. The van der Waals surface area contributed by atoms with Crippen molar-refractivity contribution in [2.75, 3.05) is 23.7 Å². The lowest BCUT2D eigenvalue weighted by Gasteiger charge is -2.31. The molecule has 9 heteroatoms. The van der Waals surface area contributed by atoms with E-state index in [1.165, 1.54) is 4.90 Å². The summed E-state index contributed by atoms with van der Waals surface area (Å²) in [5, 5.41) is 2.80. The zero-order valence-corrected chi connectivity index (χ0v) is 20.3. The van der Waals surface area contributed by atoms with E-state index in [-0.39, 0.29) is 12.5 Å². The predicted octanol–water partition coefficient (Wildman–Crippen LogP) is 3.16. The number of sulfonamides is 1. The van der Waals surface area contributed by atoms with Crippen LogP contribution in [-0.2, 0) is 26.2 Å². The maximum atomic E-state index is 13.3. The van der Waals surface area contributed by atoms with Crippen LogP contribution in [0.1, 0.15) is 25.8 Å². The fourth-order valence-electron chi connectivity index (χ4n) is 2.98. The molecule has 0 saturated carbocycles. The first kappa shape index (κ1) is 24.9. The number of rotatable bonds is 10. The number of carbonyl (C=O) groups is 2. The van der Waals surface area contributed by atoms with Crippen molar-refractivity contribution >= 4 is 43.5 Å². The second-order valence-electron chi connectivity index (χ2n) is 7.22. The van der Waals surface area contributed by atoms with Crippen LogP contribution < -0.4 is 9.62 Å². The van der Waals surface area contributed by atoms with Gasteiger partial charge in [0, 0.05) is 17.6 Å². The number of halogens is 1. The molecule has 1 N–H and O–H groups in total. The molecule has 2 aromatic rings. The molecule has 31 heavy (non-hydrogen) atoms. The average Bonchev–Trinajstić information content (AvgIpc) is 2.74. The van der Waals surface area contributed by atoms with Crippen molar-refractivity contribution in [3.63, 3.8) is 0 Å². The van der Waals surface area contributed by atoms with Gasteiger partial charge in [0.25, 0.3) is 0 Å². The van der Waals surface area contributed by atoms with Crippen LogP contribution in [0.2, 0.25) is 0 Å². The van der Waals surface area contributed by atoms with Crippen molar-refractivity contribution in [2.45, 2.75) is 32.9 Å². The molecule has 0 bridgehead atoms. The first-order valence-corrected chi connectivity index (χ1v) is 12.6. The molecule has 168 valence electrons. The minimum Gasteiger partial charge on any atom is -0.354 e. The van der Waals surface area contributed by atoms with Crippen LogP contribution in [0.15, 0.2) is 59.1 Å². The summed E-state index contributed by atoms with van der Waals surface area (Å²) in [6.07, 6.45) is 1.83. The van der Waals surface area contributed by atoms with Crippen LogP contribution >= 0.6 is 15.9 Å². The molecule has 0 fully saturated rings. The Labute approximate surface area is 192 Å². The molecule has 0 aliphatic carbocycles. The summed E-state index contributed by atoms with van der Waals surface area (Å²) >= 11 is 3.32. The van der Waals surface area contributed by atoms with Crippen LogP contribution in [0.4, 0.5) is 5.69 Å². The van der Waals surface area contributed by atoms with E-state index >= 15 is 0 Å². The number of hydrogen-bond acceptors (Lipinski definition) is 4. The van der Waals surface area contributed by atoms with E-state index in [4.69, 9.17) is 0 Å². The lowest BCUT2D eigenvalue weighted by Crippen LogP contribution is -2.51. The second-order valence-corrected chi connectivity index (χ2v) is 10.0. The van der Waals surface area contributed by atoms with E-state index in [0.717, 1.165) is 27.0 Å². The van der Waals surface area contributed by atoms with Gasteiger partial charge >= 0.3 is 0 Å². The minimum atomic E-state index is -3.72. The van der Waals surface area contributed by atoms with E-state index in [1.54, 1.807) is 31.2 Å². The fraction of sp³-hybridized carbons (Fsp3) is 0.364. The third kappa shape index (κ3) is 7.36. The molecular weight excluding hydrogens is 482 g/mol. The summed E-state index contributed by atoms with van der Waals surface area (Å²) in [6, 6.07) is 15.2. The van der Waals surface area contributed by atoms with Gasteiger partial charge in [0.1, 0.15) is 12.6 Å². The number of benzene rings is 2. The van der Waals surface area contributed by atoms with Crippen molar-refractivity contribution in [3.05, 3.63) is 64.6 Å². The predicted molar refractivity (Wildman–Crippen MR) is 126 cm³/mol. The van der Waals surface area contributed by atoms with Gasteiger partial charge in [0.05, 0.1) is 11.9 Å². The quantitative estimate of drug-likeness (QED) is 0.532. The molecule has 0 aromatic heterocycles. The van der Waals surface area contributed by atoms with Crippen molar-refractivity contribution in [2.24, 2.45) is 0 Å². The summed E-state index contributed by atoms with van der Waals surface area (Å²) < 4.78 is 26.7. The first-order valence-electron chi connectivity index (χ1n) is 9.98. The zero-order valence-electron chi connectivity index (χ0n) is 17.9. The average molecular weight is 510 g/mol. The summed E-state index contributed by atoms with van der Waals surface area (Å²) in [5.74, 6) is -0.739. The molecule has 1 atom stereocenters. The molecule has 0 aliphatic heterocycles. The Morgan fingerprint density at radius 3 is 2.23 bits per heavy atom. The molecular formula is C22H28BrN3O4S. The Balaban J connectivity index is 2.32. The molecule has 1 unspecified atom stereocenters. The highest BCUT2D eigenvalue weighted by molar-refractivity contribution is 9.10. The molecule has 0 radical (unpaired) electrons. The van der Waals surface area contributed by atoms with E-state index in [1.807, 2.05) is 37.3 Å². The number of anilines is 1. The van der Waals surface area contributed by atoms with Crippen molar-refractivity contribution in [1.29, 1.82) is 0 Å². The minimum absolute atomic E-state index is 0.193. The van der Waals surface area contributed by atoms with Crippen LogP contribution in [0.25, 0.3) is 0 Å². The zero-order chi connectivity index (χ0) is 23.0. The van der Waals surface area contributed by atoms with Gasteiger partial charge in [-0.3, -0.25) is 13.9 Å². The number of nitrogens with zero attached hydrogens (tertiary/aromatic N) is 2. The topological polar surface area (TPSA) is 86.8 Å². The van der Waals surface area contributed by atoms with Crippen molar-refractivity contribution in [1.82, 2.24) is 10.2 Å². The molecule has 0 spiro atoms. The third-order valence-electron chi connectivity index (χ3n) is 4.71. The lowest BCUT2D eigenvalue weighted by atomic mass is 10.1. The summed E-state index contributed by atoms with van der Waals surface area (Å²) in [4.78, 5) is 27.3. The fourth-order valence-corrected chi connectivity index (χ4v) is 4.09. The van der Waals surface area contributed by atoms with Gasteiger partial charge in [0.15, 0.2) is 0 Å². The van der Waals surface area contributed by atoms with Gasteiger partial charge in [0.2, 0.25) is 21.8 Å². The largest absolute Gasteiger partial charge is 0.354 e. The van der Waals surface area contributed by atoms with Crippen LogP contribution in [0.3, 0.4) is 0 Å². The standard InChI is InChI=1S/C22H28BrN3O4S/c1-4-14-24-22(28)17(2)25(15-18-8-6-5-7-9-18)21(27)16-26(31(3,29)30)20-12-10-19(23)11-13-20/h5-13,17H,4,14-16H2,1-3H3,(H,24,28). The maximum absolute atomic E-state index is 13.3. The summed E-state index contributed by atoms with van der Waals surface area (Å²) in [7, 11) is -3.72. The number of amides is 2. The Morgan fingerprint density at radius 2 is 1.68 bits per heavy atom. The second kappa shape index (κ2) is 11.3. The molecule has 2 amide bonds. The normalized spacial score (nSPS) is 12.1. The molecule has 0 saturated heterocycles. The van der Waals surface area contributed by atoms with E-state index < -0.39 is 28.5 Å². The van der Waals surface area contributed by atoms with Gasteiger partial charge in [-0.25, -0.2) is 8.42 Å². The van der Waals surface area contributed by atoms with Gasteiger partial charge in [-0.15, -0.1) is 0 Å². The van der Waals surface area contributed by atoms with E-state index in [2.05, 4.69) is 21.2 Å². The van der Waals surface area contributed by atoms with Gasteiger partial charge in [-0.1, -0.05) is 53.2 Å². The van der Waals surface area contributed by atoms with Crippen molar-refractivity contribution < 1.29 is 18.0 Å². The smallest absolute Gasteiger partial charge is 0.244 e. The Morgan fingerprint density at radius 1 is 1.06 bits per heavy atom. The third-order valence-corrected chi connectivity index (χ3v) is 6.38. The first-order chi connectivity index (χ1) is 14.6. The highest BCUT2D eigenvalue weighted by Crippen LogP contribution is 2.21. The van der Waals surface area contributed by atoms with Crippen molar-refractivity contribution in [3.8, 4) is 0 Å². The van der Waals surface area contributed by atoms with Crippen LogP contribution in [0, 0.1) is 0 Å². The molecule has 2 aromatic carbocycles. The van der Waals surface area contributed by atoms with Gasteiger partial charge < -0.3 is 10.2 Å². The molecule has 7 nitrogen and oxygen atoms in total. The van der Waals surface area contributed by atoms with Gasteiger partial charge in [-0.05, 0) is 43.2 Å². The molecule has 0 heterocycles. The number of hydrogen-bond donors (Lipinski definition) is 1. The SMILES string of the molecule is CCCNC(=O)C(C)N(Cc1ccccc1)C(=O)CN(c1ccc(Br)cc1)S(C)(=O)=O. The number of carbonyl (C=O) groups excluding carboxylic acids is 2. The Hall–Kier alpha value is -2.39. The summed E-state index contributed by atoms with van der Waals surface area (Å²) in [6.45, 7) is 3.89. The van der Waals surface area contributed by atoms with E-state index in [0.29, 0.717) is 12.2 Å². The molecule has 2 rings (SSSR count). The summed E-state index contributed by atoms with van der Waals surface area (Å²) in [5.41, 5.74) is 1.22. The van der Waals surface area contributed by atoms with Gasteiger partial charge in [-0.2, -0.15) is 0 Å². The van der Waals surface area contributed by atoms with E-state index in [9.17, 15) is 18.0 Å². The highest BCUT2D eigenvalue weighted by atomic mass is 79.9. The highest BCUT2D eigenvalue weighted by Gasteiger charge is 2.29.